The third-order valence-electron chi connectivity index (χ3n) is 2.40. The average Bonchev–Trinajstić information content (AvgIpc) is 2.33. The van der Waals surface area contributed by atoms with Gasteiger partial charge in [-0.1, -0.05) is 0 Å². The van der Waals surface area contributed by atoms with Crippen LogP contribution >= 0.6 is 0 Å². The van der Waals surface area contributed by atoms with Gasteiger partial charge in [0.25, 0.3) is 5.88 Å². The molecule has 0 aromatic carbocycles. The summed E-state index contributed by atoms with van der Waals surface area (Å²) in [5, 5.41) is 14.0. The maximum absolute atomic E-state index is 11.1. The highest BCUT2D eigenvalue weighted by molar-refractivity contribution is 5.48. The lowest BCUT2D eigenvalue weighted by atomic mass is 10.2. The van der Waals surface area contributed by atoms with E-state index in [1.807, 2.05) is 27.7 Å². The van der Waals surface area contributed by atoms with E-state index in [1.165, 1.54) is 0 Å². The summed E-state index contributed by atoms with van der Waals surface area (Å²) in [6.07, 6.45) is 0. The summed E-state index contributed by atoms with van der Waals surface area (Å²) in [6, 6.07) is 0. The van der Waals surface area contributed by atoms with E-state index in [2.05, 4.69) is 15.3 Å². The molecule has 0 aliphatic carbocycles. The van der Waals surface area contributed by atoms with Crippen LogP contribution in [-0.4, -0.2) is 40.3 Å². The first kappa shape index (κ1) is 17.1. The lowest BCUT2D eigenvalue weighted by molar-refractivity contribution is -0.387. The number of hydrogen-bond acceptors (Lipinski definition) is 7. The molecule has 0 saturated carbocycles. The third kappa shape index (κ3) is 5.50. The molecular weight excluding hydrogens is 276 g/mol. The summed E-state index contributed by atoms with van der Waals surface area (Å²) in [7, 11) is 0. The lowest BCUT2D eigenvalue weighted by Crippen LogP contribution is -2.23. The van der Waals surface area contributed by atoms with Crippen molar-refractivity contribution in [2.45, 2.75) is 40.2 Å². The van der Waals surface area contributed by atoms with Gasteiger partial charge in [0, 0.05) is 6.54 Å². The second-order valence-corrected chi connectivity index (χ2v) is 5.38. The first-order chi connectivity index (χ1) is 9.74. The normalized spacial score (nSPS) is 11.3. The van der Waals surface area contributed by atoms with Crippen molar-refractivity contribution in [3.05, 3.63) is 15.8 Å². The van der Waals surface area contributed by atoms with Crippen LogP contribution in [0, 0.1) is 17.0 Å². The van der Waals surface area contributed by atoms with Crippen LogP contribution in [0.25, 0.3) is 0 Å². The number of aryl methyl sites for hydroxylation is 1. The van der Waals surface area contributed by atoms with E-state index in [0.717, 1.165) is 0 Å². The number of hydrogen-bond donors (Lipinski definition) is 1. The molecular formula is C13H22N4O4. The van der Waals surface area contributed by atoms with Gasteiger partial charge in [0.2, 0.25) is 5.95 Å². The quantitative estimate of drug-likeness (QED) is 0.468. The third-order valence-corrected chi connectivity index (χ3v) is 2.40. The van der Waals surface area contributed by atoms with Crippen molar-refractivity contribution in [2.24, 2.45) is 0 Å². The predicted octanol–water partition coefficient (Wildman–Crippen LogP) is 2.32. The molecule has 118 valence electrons. The molecule has 0 bridgehead atoms. The molecule has 0 amide bonds. The topological polar surface area (TPSA) is 99.4 Å². The van der Waals surface area contributed by atoms with Gasteiger partial charge in [0.15, 0.2) is 0 Å². The summed E-state index contributed by atoms with van der Waals surface area (Å²) >= 11 is 0. The first-order valence-electron chi connectivity index (χ1n) is 6.78. The minimum absolute atomic E-state index is 0.0408. The van der Waals surface area contributed by atoms with Crippen molar-refractivity contribution < 1.29 is 14.4 Å². The molecule has 0 spiro atoms. The average molecular weight is 298 g/mol. The van der Waals surface area contributed by atoms with Gasteiger partial charge < -0.3 is 14.8 Å². The molecule has 0 radical (unpaired) electrons. The Kier molecular flexibility index (Phi) is 5.83. The number of ether oxygens (including phenoxy) is 2. The fourth-order valence-electron chi connectivity index (χ4n) is 1.57. The zero-order chi connectivity index (χ0) is 16.0. The van der Waals surface area contributed by atoms with Crippen LogP contribution in [-0.2, 0) is 4.74 Å². The van der Waals surface area contributed by atoms with Crippen molar-refractivity contribution in [2.75, 3.05) is 25.1 Å². The fraction of sp³-hybridized carbons (Fsp3) is 0.692. The van der Waals surface area contributed by atoms with Crippen LogP contribution in [0.1, 0.15) is 33.4 Å². The van der Waals surface area contributed by atoms with Gasteiger partial charge in [-0.05, 0) is 34.6 Å². The number of nitrogens with zero attached hydrogens (tertiary/aromatic N) is 3. The summed E-state index contributed by atoms with van der Waals surface area (Å²) in [5.41, 5.74) is -0.240. The molecule has 1 N–H and O–H groups in total. The minimum Gasteiger partial charge on any atom is -0.470 e. The smallest absolute Gasteiger partial charge is 0.352 e. The Balaban J connectivity index is 2.84. The number of nitrogens with one attached hydrogen (secondary N) is 1. The first-order valence-corrected chi connectivity index (χ1v) is 6.78. The Hall–Kier alpha value is -1.96. The Morgan fingerprint density at radius 2 is 1.95 bits per heavy atom. The van der Waals surface area contributed by atoms with Gasteiger partial charge in [-0.15, -0.1) is 0 Å². The second kappa shape index (κ2) is 7.16. The van der Waals surface area contributed by atoms with Crippen molar-refractivity contribution in [3.63, 3.8) is 0 Å². The molecule has 21 heavy (non-hydrogen) atoms. The van der Waals surface area contributed by atoms with Crippen molar-refractivity contribution >= 4 is 11.6 Å². The van der Waals surface area contributed by atoms with E-state index >= 15 is 0 Å². The number of anilines is 1. The van der Waals surface area contributed by atoms with Crippen molar-refractivity contribution in [1.82, 2.24) is 9.97 Å². The van der Waals surface area contributed by atoms with Gasteiger partial charge in [0.05, 0.1) is 17.1 Å². The van der Waals surface area contributed by atoms with Gasteiger partial charge in [0.1, 0.15) is 12.3 Å². The zero-order valence-electron chi connectivity index (χ0n) is 13.1. The molecule has 0 aliphatic heterocycles. The van der Waals surface area contributed by atoms with Gasteiger partial charge >= 0.3 is 5.69 Å². The van der Waals surface area contributed by atoms with Crippen molar-refractivity contribution in [3.8, 4) is 5.88 Å². The van der Waals surface area contributed by atoms with Crippen molar-refractivity contribution in [1.29, 1.82) is 0 Å². The highest BCUT2D eigenvalue weighted by atomic mass is 16.6. The molecule has 0 aliphatic rings. The standard InChI is InChI=1S/C13H22N4O4/c1-6-14-12-15-9(2)10(17(18)19)11(16-12)20-7-8-21-13(3,4)5/h6-8H2,1-5H3,(H,14,15,16). The van der Waals surface area contributed by atoms with E-state index in [4.69, 9.17) is 9.47 Å². The molecule has 1 aromatic heterocycles. The van der Waals surface area contributed by atoms with Gasteiger partial charge in [-0.2, -0.15) is 4.98 Å². The molecule has 1 rings (SSSR count). The summed E-state index contributed by atoms with van der Waals surface area (Å²) < 4.78 is 10.9. The summed E-state index contributed by atoms with van der Waals surface area (Å²) in [4.78, 5) is 18.6. The van der Waals surface area contributed by atoms with E-state index in [1.54, 1.807) is 6.92 Å². The van der Waals surface area contributed by atoms with Crippen LogP contribution in [0.5, 0.6) is 5.88 Å². The van der Waals surface area contributed by atoms with Crippen LogP contribution in [0.2, 0.25) is 0 Å². The van der Waals surface area contributed by atoms with Crippen LogP contribution in [0.3, 0.4) is 0 Å². The molecule has 1 heterocycles. The molecule has 1 aromatic rings. The lowest BCUT2D eigenvalue weighted by Gasteiger charge is -2.19. The number of nitro groups is 1. The van der Waals surface area contributed by atoms with E-state index in [9.17, 15) is 10.1 Å². The Bertz CT molecular complexity index is 500. The highest BCUT2D eigenvalue weighted by Gasteiger charge is 2.23. The van der Waals surface area contributed by atoms with Gasteiger partial charge in [-0.25, -0.2) is 4.98 Å². The van der Waals surface area contributed by atoms with E-state index in [-0.39, 0.29) is 29.5 Å². The van der Waals surface area contributed by atoms with Crippen LogP contribution < -0.4 is 10.1 Å². The van der Waals surface area contributed by atoms with E-state index in [0.29, 0.717) is 19.1 Å². The molecule has 8 heteroatoms. The summed E-state index contributed by atoms with van der Waals surface area (Å²) in [5.74, 6) is 0.272. The Morgan fingerprint density at radius 3 is 2.48 bits per heavy atom. The molecule has 0 fully saturated rings. The minimum atomic E-state index is -0.537. The molecule has 8 nitrogen and oxygen atoms in total. The number of rotatable bonds is 7. The molecule has 0 atom stereocenters. The zero-order valence-corrected chi connectivity index (χ0v) is 13.1. The Labute approximate surface area is 124 Å². The number of aromatic nitrogens is 2. The predicted molar refractivity (Wildman–Crippen MR) is 78.8 cm³/mol. The Morgan fingerprint density at radius 1 is 1.29 bits per heavy atom. The maximum atomic E-state index is 11.1. The SMILES string of the molecule is CCNc1nc(C)c([N+](=O)[O-])c(OCCOC(C)(C)C)n1. The second-order valence-electron chi connectivity index (χ2n) is 5.38. The van der Waals surface area contributed by atoms with Gasteiger partial charge in [-0.3, -0.25) is 10.1 Å². The van der Waals surface area contributed by atoms with Crippen LogP contribution in [0.15, 0.2) is 0 Å². The monoisotopic (exact) mass is 298 g/mol. The molecule has 0 saturated heterocycles. The maximum Gasteiger partial charge on any atom is 0.352 e. The highest BCUT2D eigenvalue weighted by Crippen LogP contribution is 2.28. The van der Waals surface area contributed by atoms with E-state index < -0.39 is 4.92 Å². The summed E-state index contributed by atoms with van der Waals surface area (Å²) in [6.45, 7) is 10.3. The largest absolute Gasteiger partial charge is 0.470 e. The molecule has 0 unspecified atom stereocenters. The van der Waals surface area contributed by atoms with Crippen LogP contribution in [0.4, 0.5) is 11.6 Å². The fourth-order valence-corrected chi connectivity index (χ4v) is 1.57.